The number of rotatable bonds is 8. The third-order valence-corrected chi connectivity index (χ3v) is 9.86. The topological polar surface area (TPSA) is 82.9 Å². The zero-order chi connectivity index (χ0) is 28.3. The molecule has 0 aliphatic heterocycles. The number of anilines is 2. The Labute approximate surface area is 253 Å². The van der Waals surface area contributed by atoms with Gasteiger partial charge < -0.3 is 0 Å². The van der Waals surface area contributed by atoms with Crippen LogP contribution in [-0.2, 0) is 10.0 Å². The highest BCUT2D eigenvalue weighted by molar-refractivity contribution is 9.10. The number of carbonyl (C=O) groups is 1. The van der Waals surface area contributed by atoms with Gasteiger partial charge in [0.25, 0.3) is 15.9 Å². The van der Waals surface area contributed by atoms with Gasteiger partial charge in [0, 0.05) is 21.1 Å². The van der Waals surface area contributed by atoms with E-state index in [9.17, 15) is 13.2 Å². The first kappa shape index (κ1) is 28.2. The van der Waals surface area contributed by atoms with Crippen LogP contribution in [0.15, 0.2) is 116 Å². The van der Waals surface area contributed by atoms with Crippen molar-refractivity contribution in [3.8, 4) is 0 Å². The van der Waals surface area contributed by atoms with Gasteiger partial charge in [-0.2, -0.15) is 10.1 Å². The number of hydrogen-bond acceptors (Lipinski definition) is 6. The van der Waals surface area contributed by atoms with Crippen LogP contribution < -0.4 is 9.31 Å². The molecule has 0 spiro atoms. The highest BCUT2D eigenvalue weighted by atomic mass is 79.9. The number of aromatic nitrogens is 1. The fourth-order valence-electron chi connectivity index (χ4n) is 3.94. The maximum absolute atomic E-state index is 13.7. The molecule has 0 aliphatic carbocycles. The van der Waals surface area contributed by atoms with Crippen molar-refractivity contribution in [2.45, 2.75) is 11.8 Å². The van der Waals surface area contributed by atoms with Gasteiger partial charge >= 0.3 is 0 Å². The monoisotopic (exact) mass is 696 g/mol. The molecule has 1 aromatic heterocycles. The quantitative estimate of drug-likeness (QED) is 0.123. The molecule has 1 amide bonds. The summed E-state index contributed by atoms with van der Waals surface area (Å²) in [7, 11) is -3.83. The molecule has 40 heavy (non-hydrogen) atoms. The van der Waals surface area contributed by atoms with Gasteiger partial charge in [0.05, 0.1) is 27.0 Å². The van der Waals surface area contributed by atoms with Gasteiger partial charge in [-0.05, 0) is 79.2 Å². The number of hydrogen-bond donors (Lipinski definition) is 0. The molecule has 202 valence electrons. The average molecular weight is 698 g/mol. The standard InChI is InChI=1S/C29H22Br2N4O3S2/c1-2-34(24-6-4-3-5-7-24)40(37,38)25-15-10-21(11-16-25)28(36)35(32-19-20-8-12-22(30)13-9-20)29-33-26-17-14-23(31)18-27(26)39-29/h3-19H,2H2,1H3/b32-19+. The Morgan fingerprint density at radius 2 is 1.60 bits per heavy atom. The van der Waals surface area contributed by atoms with Crippen LogP contribution in [0.2, 0.25) is 0 Å². The van der Waals surface area contributed by atoms with Crippen molar-refractivity contribution < 1.29 is 13.2 Å². The summed E-state index contributed by atoms with van der Waals surface area (Å²) in [5, 5.41) is 6.13. The lowest BCUT2D eigenvalue weighted by Crippen LogP contribution is -2.31. The number of halogens is 2. The van der Waals surface area contributed by atoms with E-state index in [1.165, 1.54) is 44.9 Å². The molecule has 0 saturated heterocycles. The lowest BCUT2D eigenvalue weighted by Gasteiger charge is -2.23. The van der Waals surface area contributed by atoms with E-state index in [0.29, 0.717) is 10.8 Å². The molecule has 0 radical (unpaired) electrons. The van der Waals surface area contributed by atoms with Crippen molar-refractivity contribution in [1.29, 1.82) is 0 Å². The number of sulfonamides is 1. The molecular weight excluding hydrogens is 676 g/mol. The van der Waals surface area contributed by atoms with Gasteiger partial charge in [0.1, 0.15) is 0 Å². The van der Waals surface area contributed by atoms with Gasteiger partial charge in [-0.3, -0.25) is 9.10 Å². The van der Waals surface area contributed by atoms with Crippen molar-refractivity contribution >= 4 is 86.4 Å². The number of nitrogens with zero attached hydrogens (tertiary/aromatic N) is 4. The highest BCUT2D eigenvalue weighted by Gasteiger charge is 2.25. The van der Waals surface area contributed by atoms with Gasteiger partial charge in [0.15, 0.2) is 0 Å². The molecule has 0 bridgehead atoms. The molecule has 0 N–H and O–H groups in total. The van der Waals surface area contributed by atoms with E-state index in [1.54, 1.807) is 37.4 Å². The number of fused-ring (bicyclic) bond motifs is 1. The summed E-state index contributed by atoms with van der Waals surface area (Å²) in [6.07, 6.45) is 1.59. The third kappa shape index (κ3) is 6.02. The summed E-state index contributed by atoms with van der Waals surface area (Å²) >= 11 is 8.23. The van der Waals surface area contributed by atoms with Crippen molar-refractivity contribution in [1.82, 2.24) is 4.98 Å². The molecule has 1 heterocycles. The van der Waals surface area contributed by atoms with Crippen LogP contribution in [0.3, 0.4) is 0 Å². The molecule has 5 rings (SSSR count). The Balaban J connectivity index is 1.49. The normalized spacial score (nSPS) is 11.7. The second-order valence-electron chi connectivity index (χ2n) is 8.55. The summed E-state index contributed by atoms with van der Waals surface area (Å²) in [6.45, 7) is 2.04. The molecule has 7 nitrogen and oxygen atoms in total. The maximum Gasteiger partial charge on any atom is 0.280 e. The SMILES string of the molecule is CCN(c1ccccc1)S(=O)(=O)c1ccc(C(=O)N(/N=C/c2ccc(Br)cc2)c2nc3ccc(Br)cc3s2)cc1. The van der Waals surface area contributed by atoms with E-state index in [-0.39, 0.29) is 17.0 Å². The minimum Gasteiger partial charge on any atom is -0.267 e. The Morgan fingerprint density at radius 1 is 0.925 bits per heavy atom. The van der Waals surface area contributed by atoms with Crippen LogP contribution in [-0.4, -0.2) is 32.1 Å². The predicted octanol–water partition coefficient (Wildman–Crippen LogP) is 7.72. The fourth-order valence-corrected chi connectivity index (χ4v) is 7.16. The van der Waals surface area contributed by atoms with Crippen LogP contribution >= 0.6 is 43.2 Å². The summed E-state index contributed by atoms with van der Waals surface area (Å²) < 4.78 is 30.9. The summed E-state index contributed by atoms with van der Waals surface area (Å²) in [6, 6.07) is 28.0. The van der Waals surface area contributed by atoms with Crippen LogP contribution in [0, 0.1) is 0 Å². The molecule has 0 atom stereocenters. The number of amides is 1. The van der Waals surface area contributed by atoms with E-state index in [1.807, 2.05) is 48.5 Å². The summed E-state index contributed by atoms with van der Waals surface area (Å²) in [5.74, 6) is -0.439. The van der Waals surface area contributed by atoms with E-state index in [0.717, 1.165) is 24.7 Å². The van der Waals surface area contributed by atoms with Crippen molar-refractivity contribution in [3.05, 3.63) is 117 Å². The fraction of sp³-hybridized carbons (Fsp3) is 0.0690. The Bertz CT molecular complexity index is 1790. The molecule has 5 aromatic rings. The van der Waals surface area contributed by atoms with Crippen molar-refractivity contribution in [3.63, 3.8) is 0 Å². The minimum atomic E-state index is -3.83. The second-order valence-corrected chi connectivity index (χ2v) is 13.3. The Kier molecular flexibility index (Phi) is 8.46. The highest BCUT2D eigenvalue weighted by Crippen LogP contribution is 2.32. The average Bonchev–Trinajstić information content (AvgIpc) is 3.37. The van der Waals surface area contributed by atoms with Gasteiger partial charge in [0.2, 0.25) is 5.13 Å². The number of benzene rings is 4. The molecular formula is C29H22Br2N4O3S2. The van der Waals surface area contributed by atoms with E-state index < -0.39 is 15.9 Å². The first-order valence-electron chi connectivity index (χ1n) is 12.1. The zero-order valence-electron chi connectivity index (χ0n) is 21.1. The number of para-hydroxylation sites is 1. The van der Waals surface area contributed by atoms with E-state index in [2.05, 4.69) is 41.9 Å². The summed E-state index contributed by atoms with van der Waals surface area (Å²) in [5.41, 5.74) is 2.38. The van der Waals surface area contributed by atoms with Crippen LogP contribution in [0.25, 0.3) is 10.2 Å². The molecule has 11 heteroatoms. The number of carbonyl (C=O) groups excluding carboxylic acids is 1. The van der Waals surface area contributed by atoms with Gasteiger partial charge in [-0.25, -0.2) is 13.4 Å². The third-order valence-electron chi connectivity index (χ3n) is 5.93. The van der Waals surface area contributed by atoms with E-state index in [4.69, 9.17) is 0 Å². The molecule has 0 fully saturated rings. The van der Waals surface area contributed by atoms with Crippen LogP contribution in [0.4, 0.5) is 10.8 Å². The first-order valence-corrected chi connectivity index (χ1v) is 16.0. The zero-order valence-corrected chi connectivity index (χ0v) is 25.9. The van der Waals surface area contributed by atoms with Gasteiger partial charge in [-0.1, -0.05) is 73.5 Å². The van der Waals surface area contributed by atoms with Crippen molar-refractivity contribution in [2.75, 3.05) is 15.9 Å². The lowest BCUT2D eigenvalue weighted by molar-refractivity contribution is 0.0987. The number of hydrazone groups is 1. The maximum atomic E-state index is 13.7. The molecule has 0 saturated carbocycles. The van der Waals surface area contributed by atoms with Gasteiger partial charge in [-0.15, -0.1) is 0 Å². The predicted molar refractivity (Wildman–Crippen MR) is 169 cm³/mol. The van der Waals surface area contributed by atoms with Crippen LogP contribution in [0.1, 0.15) is 22.8 Å². The van der Waals surface area contributed by atoms with E-state index >= 15 is 0 Å². The lowest BCUT2D eigenvalue weighted by atomic mass is 10.2. The second kappa shape index (κ2) is 12.0. The molecule has 0 unspecified atom stereocenters. The smallest absolute Gasteiger partial charge is 0.267 e. The van der Waals surface area contributed by atoms with Crippen LogP contribution in [0.5, 0.6) is 0 Å². The van der Waals surface area contributed by atoms with Crippen molar-refractivity contribution in [2.24, 2.45) is 5.10 Å². The largest absolute Gasteiger partial charge is 0.280 e. The Hall–Kier alpha value is -3.38. The molecule has 0 aliphatic rings. The minimum absolute atomic E-state index is 0.0875. The summed E-state index contributed by atoms with van der Waals surface area (Å²) in [4.78, 5) is 18.5. The first-order chi connectivity index (χ1) is 19.3. The number of thiazole rings is 1. The Morgan fingerprint density at radius 3 is 2.27 bits per heavy atom. The molecule has 4 aromatic carbocycles.